The Morgan fingerprint density at radius 2 is 2.10 bits per heavy atom. The van der Waals surface area contributed by atoms with Crippen molar-refractivity contribution in [2.45, 2.75) is 23.9 Å². The summed E-state index contributed by atoms with van der Waals surface area (Å²) in [4.78, 5) is -0.501. The van der Waals surface area contributed by atoms with E-state index >= 15 is 0 Å². The molecule has 20 heavy (non-hydrogen) atoms. The van der Waals surface area contributed by atoms with Crippen LogP contribution in [-0.4, -0.2) is 34.4 Å². The highest BCUT2D eigenvalue weighted by atomic mass is 32.2. The van der Waals surface area contributed by atoms with Crippen molar-refractivity contribution in [3.8, 4) is 0 Å². The van der Waals surface area contributed by atoms with Gasteiger partial charge in [0.25, 0.3) is 0 Å². The van der Waals surface area contributed by atoms with Crippen LogP contribution in [0, 0.1) is 5.82 Å². The summed E-state index contributed by atoms with van der Waals surface area (Å²) in [6.07, 6.45) is 0.198. The van der Waals surface area contributed by atoms with Gasteiger partial charge in [0.05, 0.1) is 11.5 Å². The zero-order valence-corrected chi connectivity index (χ0v) is 12.2. The van der Waals surface area contributed by atoms with Gasteiger partial charge in [-0.05, 0) is 24.1 Å². The first-order chi connectivity index (χ1) is 9.23. The third-order valence-corrected chi connectivity index (χ3v) is 6.40. The summed E-state index contributed by atoms with van der Waals surface area (Å²) in [6.45, 7) is 0.103. The van der Waals surface area contributed by atoms with Gasteiger partial charge in [0.2, 0.25) is 10.0 Å². The van der Waals surface area contributed by atoms with Gasteiger partial charge in [0.15, 0.2) is 9.84 Å². The molecule has 3 N–H and O–H groups in total. The van der Waals surface area contributed by atoms with E-state index in [4.69, 9.17) is 5.73 Å². The lowest BCUT2D eigenvalue weighted by Gasteiger charge is -2.12. The monoisotopic (exact) mass is 322 g/mol. The number of nitrogens with two attached hydrogens (primary N) is 1. The second kappa shape index (κ2) is 5.40. The van der Waals surface area contributed by atoms with Gasteiger partial charge in [-0.25, -0.2) is 25.9 Å². The number of benzene rings is 1. The van der Waals surface area contributed by atoms with Crippen LogP contribution in [0.5, 0.6) is 0 Å². The molecule has 0 bridgehead atoms. The third-order valence-electron chi connectivity index (χ3n) is 3.08. The molecule has 0 radical (unpaired) electrons. The molecule has 9 heteroatoms. The Morgan fingerprint density at radius 1 is 1.40 bits per heavy atom. The lowest BCUT2D eigenvalue weighted by molar-refractivity contribution is 0.543. The molecule has 112 valence electrons. The Hall–Kier alpha value is -1.03. The smallest absolute Gasteiger partial charge is 0.243 e. The summed E-state index contributed by atoms with van der Waals surface area (Å²) >= 11 is 0. The molecule has 0 amide bonds. The van der Waals surface area contributed by atoms with Crippen molar-refractivity contribution >= 4 is 19.9 Å². The third kappa shape index (κ3) is 3.35. The average Bonchev–Trinajstić information content (AvgIpc) is 2.67. The number of halogens is 1. The zero-order valence-electron chi connectivity index (χ0n) is 10.5. The van der Waals surface area contributed by atoms with Crippen LogP contribution < -0.4 is 10.5 Å². The molecule has 1 aliphatic heterocycles. The van der Waals surface area contributed by atoms with Crippen molar-refractivity contribution in [1.29, 1.82) is 0 Å². The maximum atomic E-state index is 13.8. The standard InChI is InChI=1S/C11H15FN2O4S2/c12-10-5-8(6-13)1-2-11(10)20(17,18)14-9-3-4-19(15,16)7-9/h1-2,5,9,14H,3-4,6-7,13H2. The van der Waals surface area contributed by atoms with E-state index in [-0.39, 0.29) is 24.5 Å². The summed E-state index contributed by atoms with van der Waals surface area (Å²) in [5.41, 5.74) is 5.82. The van der Waals surface area contributed by atoms with E-state index in [9.17, 15) is 21.2 Å². The number of sulfonamides is 1. The molecule has 1 atom stereocenters. The quantitative estimate of drug-likeness (QED) is 0.795. The maximum Gasteiger partial charge on any atom is 0.243 e. The Kier molecular flexibility index (Phi) is 4.14. The van der Waals surface area contributed by atoms with Crippen LogP contribution in [0.15, 0.2) is 23.1 Å². The minimum absolute atomic E-state index is 0.0607. The molecule has 1 unspecified atom stereocenters. The minimum atomic E-state index is -4.08. The SMILES string of the molecule is NCc1ccc(S(=O)(=O)NC2CCS(=O)(=O)C2)c(F)c1. The van der Waals surface area contributed by atoms with E-state index < -0.39 is 36.6 Å². The van der Waals surface area contributed by atoms with Crippen LogP contribution in [-0.2, 0) is 26.4 Å². The molecule has 1 aliphatic rings. The summed E-state index contributed by atoms with van der Waals surface area (Å²) in [7, 11) is -7.29. The van der Waals surface area contributed by atoms with E-state index in [1.54, 1.807) is 0 Å². The highest BCUT2D eigenvalue weighted by molar-refractivity contribution is 7.92. The first-order valence-electron chi connectivity index (χ1n) is 5.95. The van der Waals surface area contributed by atoms with Gasteiger partial charge in [-0.1, -0.05) is 6.07 Å². The van der Waals surface area contributed by atoms with Crippen molar-refractivity contribution < 1.29 is 21.2 Å². The van der Waals surface area contributed by atoms with Crippen molar-refractivity contribution in [1.82, 2.24) is 4.72 Å². The van der Waals surface area contributed by atoms with Crippen LogP contribution in [0.2, 0.25) is 0 Å². The molecule has 1 aromatic carbocycles. The van der Waals surface area contributed by atoms with E-state index in [2.05, 4.69) is 4.72 Å². The largest absolute Gasteiger partial charge is 0.326 e. The number of sulfone groups is 1. The number of rotatable bonds is 4. The topological polar surface area (TPSA) is 106 Å². The van der Waals surface area contributed by atoms with E-state index in [1.165, 1.54) is 6.07 Å². The molecule has 1 aromatic rings. The fourth-order valence-corrected chi connectivity index (χ4v) is 5.17. The summed E-state index contributed by atoms with van der Waals surface area (Å²) in [6, 6.07) is 2.89. The minimum Gasteiger partial charge on any atom is -0.326 e. The number of nitrogens with one attached hydrogen (secondary N) is 1. The average molecular weight is 322 g/mol. The van der Waals surface area contributed by atoms with Gasteiger partial charge in [-0.15, -0.1) is 0 Å². The molecule has 0 aromatic heterocycles. The number of hydrogen-bond donors (Lipinski definition) is 2. The lowest BCUT2D eigenvalue weighted by Crippen LogP contribution is -2.36. The van der Waals surface area contributed by atoms with Crippen molar-refractivity contribution in [3.63, 3.8) is 0 Å². The van der Waals surface area contributed by atoms with Crippen LogP contribution in [0.3, 0.4) is 0 Å². The van der Waals surface area contributed by atoms with Crippen LogP contribution in [0.25, 0.3) is 0 Å². The summed E-state index contributed by atoms with van der Waals surface area (Å²) < 4.78 is 62.7. The zero-order chi connectivity index (χ0) is 15.0. The molecule has 1 saturated heterocycles. The molecule has 1 fully saturated rings. The van der Waals surface area contributed by atoms with Crippen LogP contribution in [0.4, 0.5) is 4.39 Å². The number of hydrogen-bond acceptors (Lipinski definition) is 5. The van der Waals surface area contributed by atoms with Gasteiger partial charge < -0.3 is 5.73 Å². The van der Waals surface area contributed by atoms with Gasteiger partial charge in [-0.3, -0.25) is 0 Å². The fourth-order valence-electron chi connectivity index (χ4n) is 2.06. The summed E-state index contributed by atoms with van der Waals surface area (Å²) in [5, 5.41) is 0. The molecule has 0 aliphatic carbocycles. The first-order valence-corrected chi connectivity index (χ1v) is 9.25. The predicted octanol–water partition coefficient (Wildman–Crippen LogP) is -0.250. The molecule has 6 nitrogen and oxygen atoms in total. The predicted molar refractivity (Wildman–Crippen MR) is 71.7 cm³/mol. The highest BCUT2D eigenvalue weighted by Gasteiger charge is 2.32. The van der Waals surface area contributed by atoms with Crippen LogP contribution >= 0.6 is 0 Å². The van der Waals surface area contributed by atoms with E-state index in [0.29, 0.717) is 5.56 Å². The second-order valence-electron chi connectivity index (χ2n) is 4.69. The normalized spacial score (nSPS) is 22.0. The van der Waals surface area contributed by atoms with E-state index in [1.807, 2.05) is 0 Å². The molecule has 0 saturated carbocycles. The maximum absolute atomic E-state index is 13.8. The Bertz CT molecular complexity index is 716. The van der Waals surface area contributed by atoms with Crippen molar-refractivity contribution in [2.24, 2.45) is 5.73 Å². The van der Waals surface area contributed by atoms with Gasteiger partial charge in [0.1, 0.15) is 10.7 Å². The molecular formula is C11H15FN2O4S2. The molecule has 2 rings (SSSR count). The second-order valence-corrected chi connectivity index (χ2v) is 8.60. The highest BCUT2D eigenvalue weighted by Crippen LogP contribution is 2.19. The lowest BCUT2D eigenvalue weighted by atomic mass is 10.2. The van der Waals surface area contributed by atoms with Gasteiger partial charge >= 0.3 is 0 Å². The molecule has 0 spiro atoms. The fraction of sp³-hybridized carbons (Fsp3) is 0.455. The van der Waals surface area contributed by atoms with E-state index in [0.717, 1.165) is 12.1 Å². The van der Waals surface area contributed by atoms with Crippen molar-refractivity contribution in [2.75, 3.05) is 11.5 Å². The van der Waals surface area contributed by atoms with Crippen LogP contribution in [0.1, 0.15) is 12.0 Å². The molecule has 1 heterocycles. The Balaban J connectivity index is 2.23. The van der Waals surface area contributed by atoms with Gasteiger partial charge in [0, 0.05) is 12.6 Å². The van der Waals surface area contributed by atoms with Gasteiger partial charge in [-0.2, -0.15) is 0 Å². The first kappa shape index (κ1) is 15.4. The summed E-state index contributed by atoms with van der Waals surface area (Å²) in [5.74, 6) is -1.22. The van der Waals surface area contributed by atoms with Crippen molar-refractivity contribution in [3.05, 3.63) is 29.6 Å². The molecular weight excluding hydrogens is 307 g/mol. The Labute approximate surface area is 117 Å². The Morgan fingerprint density at radius 3 is 2.60 bits per heavy atom.